The molecule has 1 saturated heterocycles. The first-order valence-electron chi connectivity index (χ1n) is 11.7. The first-order valence-corrected chi connectivity index (χ1v) is 11.7. The average molecular weight is 475 g/mol. The van der Waals surface area contributed by atoms with E-state index in [-0.39, 0.29) is 17.8 Å². The number of aromatic nitrogens is 2. The van der Waals surface area contributed by atoms with Gasteiger partial charge in [0, 0.05) is 18.3 Å². The highest BCUT2D eigenvalue weighted by atomic mass is 19.1. The molecule has 0 radical (unpaired) electrons. The van der Waals surface area contributed by atoms with Crippen LogP contribution in [0.1, 0.15) is 35.0 Å². The molecule has 2 aromatic heterocycles. The number of hydrogen-bond donors (Lipinski definition) is 1. The van der Waals surface area contributed by atoms with Crippen LogP contribution in [0, 0.1) is 5.82 Å². The Balaban J connectivity index is 1.45. The van der Waals surface area contributed by atoms with E-state index in [0.29, 0.717) is 29.2 Å². The highest BCUT2D eigenvalue weighted by Gasteiger charge is 2.27. The summed E-state index contributed by atoms with van der Waals surface area (Å²) in [6.07, 6.45) is 5.61. The van der Waals surface area contributed by atoms with Crippen molar-refractivity contribution >= 4 is 5.91 Å². The van der Waals surface area contributed by atoms with Gasteiger partial charge in [0.05, 0.1) is 30.7 Å². The molecule has 8 heteroatoms. The number of likely N-dealkylation sites (tertiary alicyclic amines) is 1. The normalized spacial score (nSPS) is 14.7. The van der Waals surface area contributed by atoms with Crippen molar-refractivity contribution in [2.45, 2.75) is 18.9 Å². The molecule has 0 bridgehead atoms. The van der Waals surface area contributed by atoms with E-state index >= 15 is 0 Å². The van der Waals surface area contributed by atoms with Crippen LogP contribution in [-0.2, 0) is 0 Å². The van der Waals surface area contributed by atoms with Crippen molar-refractivity contribution in [2.24, 2.45) is 0 Å². The van der Waals surface area contributed by atoms with Gasteiger partial charge in [-0.1, -0.05) is 12.1 Å². The molecule has 0 aliphatic carbocycles. The van der Waals surface area contributed by atoms with Gasteiger partial charge in [-0.3, -0.25) is 9.69 Å². The lowest BCUT2D eigenvalue weighted by Gasteiger charge is -2.26. The van der Waals surface area contributed by atoms with Gasteiger partial charge in [-0.05, 0) is 74.5 Å². The summed E-state index contributed by atoms with van der Waals surface area (Å²) in [5.74, 6) is 0.920. The minimum atomic E-state index is -0.335. The molecule has 3 heterocycles. The number of amides is 1. The van der Waals surface area contributed by atoms with Crippen LogP contribution < -0.4 is 10.1 Å². The zero-order valence-electron chi connectivity index (χ0n) is 19.5. The van der Waals surface area contributed by atoms with Crippen LogP contribution in [0.25, 0.3) is 16.9 Å². The quantitative estimate of drug-likeness (QED) is 0.395. The number of rotatable bonds is 8. The maximum atomic E-state index is 13.5. The Bertz CT molecular complexity index is 1280. The molecular weight excluding hydrogens is 447 g/mol. The Hall–Kier alpha value is -3.91. The second-order valence-corrected chi connectivity index (χ2v) is 8.53. The van der Waals surface area contributed by atoms with Gasteiger partial charge in [0.15, 0.2) is 0 Å². The van der Waals surface area contributed by atoms with Gasteiger partial charge in [-0.2, -0.15) is 5.10 Å². The van der Waals surface area contributed by atoms with Crippen molar-refractivity contribution < 1.29 is 18.3 Å². The zero-order chi connectivity index (χ0) is 24.2. The van der Waals surface area contributed by atoms with Gasteiger partial charge < -0.3 is 14.5 Å². The van der Waals surface area contributed by atoms with Gasteiger partial charge in [0.1, 0.15) is 23.0 Å². The van der Waals surface area contributed by atoms with Crippen LogP contribution in [0.4, 0.5) is 4.39 Å². The van der Waals surface area contributed by atoms with Crippen molar-refractivity contribution in [3.05, 3.63) is 90.3 Å². The fraction of sp³-hybridized carbons (Fsp3) is 0.259. The summed E-state index contributed by atoms with van der Waals surface area (Å²) >= 11 is 0. The molecule has 180 valence electrons. The molecule has 1 amide bonds. The highest BCUT2D eigenvalue weighted by molar-refractivity contribution is 6.00. The maximum Gasteiger partial charge on any atom is 0.255 e. The summed E-state index contributed by atoms with van der Waals surface area (Å²) in [6, 6.07) is 17.2. The second-order valence-electron chi connectivity index (χ2n) is 8.53. The van der Waals surface area contributed by atoms with E-state index in [0.717, 1.165) is 37.3 Å². The Morgan fingerprint density at radius 2 is 1.94 bits per heavy atom. The fourth-order valence-corrected chi connectivity index (χ4v) is 4.48. The molecule has 1 N–H and O–H groups in total. The molecule has 0 saturated carbocycles. The summed E-state index contributed by atoms with van der Waals surface area (Å²) < 4.78 is 26.1. The van der Waals surface area contributed by atoms with Crippen LogP contribution in [-0.4, -0.2) is 47.3 Å². The van der Waals surface area contributed by atoms with Crippen LogP contribution in [0.2, 0.25) is 0 Å². The molecule has 0 unspecified atom stereocenters. The molecule has 4 aromatic rings. The first-order chi connectivity index (χ1) is 17.1. The van der Waals surface area contributed by atoms with Crippen LogP contribution in [0.3, 0.4) is 0 Å². The minimum absolute atomic E-state index is 0.0381. The van der Waals surface area contributed by atoms with E-state index in [1.165, 1.54) is 12.1 Å². The molecule has 1 atom stereocenters. The van der Waals surface area contributed by atoms with E-state index in [1.807, 2.05) is 36.4 Å². The summed E-state index contributed by atoms with van der Waals surface area (Å²) in [4.78, 5) is 15.8. The van der Waals surface area contributed by atoms with Gasteiger partial charge in [0.2, 0.25) is 0 Å². The first kappa shape index (κ1) is 22.9. The standard InChI is InChI=1S/C27H27FN4O3/c1-34-22-7-4-6-19(16-22)26-23(18-32(30-26)21-11-9-20(28)10-12-21)27(33)29-17-24(25-8-5-15-35-25)31-13-2-3-14-31/h4-12,15-16,18,24H,2-3,13-14,17H2,1H3,(H,29,33)/t24-/m0/s1. The fourth-order valence-electron chi connectivity index (χ4n) is 4.48. The number of halogens is 1. The summed E-state index contributed by atoms with van der Waals surface area (Å²) in [7, 11) is 1.59. The third-order valence-corrected chi connectivity index (χ3v) is 6.30. The summed E-state index contributed by atoms with van der Waals surface area (Å²) in [6.45, 7) is 2.35. The molecule has 1 fully saturated rings. The van der Waals surface area contributed by atoms with Gasteiger partial charge in [-0.25, -0.2) is 9.07 Å². The maximum absolute atomic E-state index is 13.5. The van der Waals surface area contributed by atoms with E-state index in [2.05, 4.69) is 15.3 Å². The highest BCUT2D eigenvalue weighted by Crippen LogP contribution is 2.28. The SMILES string of the molecule is COc1cccc(-c2nn(-c3ccc(F)cc3)cc2C(=O)NC[C@@H](c2ccco2)N2CCCC2)c1. The second kappa shape index (κ2) is 10.1. The van der Waals surface area contributed by atoms with E-state index < -0.39 is 0 Å². The van der Waals surface area contributed by atoms with Crippen molar-refractivity contribution in [1.82, 2.24) is 20.0 Å². The predicted octanol–water partition coefficient (Wildman–Crippen LogP) is 4.85. The lowest BCUT2D eigenvalue weighted by atomic mass is 10.1. The van der Waals surface area contributed by atoms with Crippen LogP contribution in [0.5, 0.6) is 5.75 Å². The van der Waals surface area contributed by atoms with Crippen molar-refractivity contribution in [3.8, 4) is 22.7 Å². The third kappa shape index (κ3) is 4.97. The zero-order valence-corrected chi connectivity index (χ0v) is 19.5. The largest absolute Gasteiger partial charge is 0.497 e. The van der Waals surface area contributed by atoms with Crippen LogP contribution in [0.15, 0.2) is 77.5 Å². The number of ether oxygens (including phenoxy) is 1. The Kier molecular flexibility index (Phi) is 6.63. The number of hydrogen-bond acceptors (Lipinski definition) is 5. The topological polar surface area (TPSA) is 72.5 Å². The number of nitrogens with zero attached hydrogens (tertiary/aromatic N) is 3. The molecule has 7 nitrogen and oxygen atoms in total. The third-order valence-electron chi connectivity index (χ3n) is 6.30. The Morgan fingerprint density at radius 1 is 1.14 bits per heavy atom. The van der Waals surface area contributed by atoms with Gasteiger partial charge >= 0.3 is 0 Å². The molecule has 2 aromatic carbocycles. The summed E-state index contributed by atoms with van der Waals surface area (Å²) in [5.41, 5.74) is 2.33. The molecular formula is C27H27FN4O3. The van der Waals surface area contributed by atoms with Crippen molar-refractivity contribution in [2.75, 3.05) is 26.7 Å². The number of carbonyl (C=O) groups is 1. The van der Waals surface area contributed by atoms with Gasteiger partial charge in [0.25, 0.3) is 5.91 Å². The van der Waals surface area contributed by atoms with E-state index in [4.69, 9.17) is 9.15 Å². The number of benzene rings is 2. The Labute approximate surface area is 203 Å². The van der Waals surface area contributed by atoms with E-state index in [9.17, 15) is 9.18 Å². The number of carbonyl (C=O) groups excluding carboxylic acids is 1. The number of furan rings is 1. The van der Waals surface area contributed by atoms with Gasteiger partial charge in [-0.15, -0.1) is 0 Å². The number of methoxy groups -OCH3 is 1. The van der Waals surface area contributed by atoms with E-state index in [1.54, 1.807) is 36.4 Å². The summed E-state index contributed by atoms with van der Waals surface area (Å²) in [5, 5.41) is 7.77. The smallest absolute Gasteiger partial charge is 0.255 e. The molecule has 35 heavy (non-hydrogen) atoms. The minimum Gasteiger partial charge on any atom is -0.497 e. The molecule has 5 rings (SSSR count). The lowest BCUT2D eigenvalue weighted by Crippen LogP contribution is -2.36. The molecule has 1 aliphatic rings. The number of nitrogens with one attached hydrogen (secondary N) is 1. The Morgan fingerprint density at radius 3 is 2.66 bits per heavy atom. The average Bonchev–Trinajstić information content (AvgIpc) is 3.67. The van der Waals surface area contributed by atoms with Crippen molar-refractivity contribution in [3.63, 3.8) is 0 Å². The molecule has 0 spiro atoms. The van der Waals surface area contributed by atoms with Crippen LogP contribution >= 0.6 is 0 Å². The monoisotopic (exact) mass is 474 g/mol. The lowest BCUT2D eigenvalue weighted by molar-refractivity contribution is 0.0934. The predicted molar refractivity (Wildman–Crippen MR) is 130 cm³/mol. The van der Waals surface area contributed by atoms with Crippen molar-refractivity contribution in [1.29, 1.82) is 0 Å². The molecule has 1 aliphatic heterocycles.